The van der Waals surface area contributed by atoms with Crippen molar-refractivity contribution in [1.29, 1.82) is 0 Å². The number of halogens is 1. The predicted molar refractivity (Wildman–Crippen MR) is 108 cm³/mol. The van der Waals surface area contributed by atoms with Gasteiger partial charge < -0.3 is 24.6 Å². The molecule has 5 nitrogen and oxygen atoms in total. The van der Waals surface area contributed by atoms with Crippen molar-refractivity contribution in [3.8, 4) is 17.2 Å². The highest BCUT2D eigenvalue weighted by atomic mass is 35.5. The SMILES string of the molecule is COc1ccc(CNCC(O)COc2cccc3c2OC(C)(C)C3)cc1.Cl. The number of hydrogen-bond acceptors (Lipinski definition) is 5. The summed E-state index contributed by atoms with van der Waals surface area (Å²) >= 11 is 0. The zero-order valence-electron chi connectivity index (χ0n) is 16.0. The van der Waals surface area contributed by atoms with Gasteiger partial charge in [0.15, 0.2) is 11.5 Å². The zero-order valence-corrected chi connectivity index (χ0v) is 16.8. The second kappa shape index (κ2) is 9.31. The molecule has 0 saturated carbocycles. The van der Waals surface area contributed by atoms with Crippen LogP contribution in [0, 0.1) is 0 Å². The largest absolute Gasteiger partial charge is 0.497 e. The molecule has 6 heteroatoms. The normalized spacial score (nSPS) is 15.3. The number of methoxy groups -OCH3 is 1. The van der Waals surface area contributed by atoms with Gasteiger partial charge in [-0.1, -0.05) is 24.3 Å². The van der Waals surface area contributed by atoms with Gasteiger partial charge in [-0.25, -0.2) is 0 Å². The highest BCUT2D eigenvalue weighted by molar-refractivity contribution is 5.85. The maximum Gasteiger partial charge on any atom is 0.165 e. The van der Waals surface area contributed by atoms with Gasteiger partial charge in [0, 0.05) is 25.1 Å². The van der Waals surface area contributed by atoms with Gasteiger partial charge >= 0.3 is 0 Å². The van der Waals surface area contributed by atoms with Gasteiger partial charge in [-0.3, -0.25) is 0 Å². The average Bonchev–Trinajstić information content (AvgIpc) is 2.95. The van der Waals surface area contributed by atoms with Crippen LogP contribution < -0.4 is 19.5 Å². The van der Waals surface area contributed by atoms with E-state index in [0.717, 1.165) is 29.0 Å². The molecule has 0 fully saturated rings. The number of para-hydroxylation sites is 1. The number of benzene rings is 2. The van der Waals surface area contributed by atoms with Crippen LogP contribution in [0.3, 0.4) is 0 Å². The molecule has 0 aliphatic carbocycles. The van der Waals surface area contributed by atoms with Crippen LogP contribution >= 0.6 is 12.4 Å². The van der Waals surface area contributed by atoms with Crippen molar-refractivity contribution in [1.82, 2.24) is 5.32 Å². The van der Waals surface area contributed by atoms with E-state index >= 15 is 0 Å². The lowest BCUT2D eigenvalue weighted by Gasteiger charge is -2.19. The lowest BCUT2D eigenvalue weighted by Crippen LogP contribution is -2.31. The summed E-state index contributed by atoms with van der Waals surface area (Å²) in [4.78, 5) is 0. The molecule has 3 rings (SSSR count). The van der Waals surface area contributed by atoms with Gasteiger partial charge in [-0.15, -0.1) is 12.4 Å². The Balaban J connectivity index is 0.00000261. The number of hydrogen-bond donors (Lipinski definition) is 2. The van der Waals surface area contributed by atoms with Crippen molar-refractivity contribution >= 4 is 12.4 Å². The van der Waals surface area contributed by atoms with E-state index in [1.807, 2.05) is 36.4 Å². The van der Waals surface area contributed by atoms with E-state index in [-0.39, 0.29) is 24.6 Å². The molecule has 0 spiro atoms. The van der Waals surface area contributed by atoms with Crippen molar-refractivity contribution < 1.29 is 19.3 Å². The first-order valence-electron chi connectivity index (χ1n) is 8.92. The van der Waals surface area contributed by atoms with Gasteiger partial charge in [0.1, 0.15) is 24.1 Å². The molecule has 2 aromatic carbocycles. The number of aliphatic hydroxyl groups is 1. The van der Waals surface area contributed by atoms with Crippen LogP contribution in [0.5, 0.6) is 17.2 Å². The van der Waals surface area contributed by atoms with E-state index in [1.54, 1.807) is 7.11 Å². The number of ether oxygens (including phenoxy) is 3. The number of aliphatic hydroxyl groups excluding tert-OH is 1. The first-order valence-corrected chi connectivity index (χ1v) is 8.92. The van der Waals surface area contributed by atoms with Crippen molar-refractivity contribution in [2.45, 2.75) is 38.5 Å². The molecule has 0 aromatic heterocycles. The Bertz CT molecular complexity index is 733. The molecule has 148 valence electrons. The summed E-state index contributed by atoms with van der Waals surface area (Å²) in [5.74, 6) is 2.33. The maximum absolute atomic E-state index is 10.2. The Hall–Kier alpha value is -1.95. The maximum atomic E-state index is 10.2. The molecule has 1 heterocycles. The fourth-order valence-corrected chi connectivity index (χ4v) is 3.07. The lowest BCUT2D eigenvalue weighted by atomic mass is 10.0. The topological polar surface area (TPSA) is 60.0 Å². The third-order valence-electron chi connectivity index (χ3n) is 4.35. The summed E-state index contributed by atoms with van der Waals surface area (Å²) in [6.07, 6.45) is 0.268. The van der Waals surface area contributed by atoms with E-state index in [2.05, 4.69) is 25.2 Å². The van der Waals surface area contributed by atoms with Gasteiger partial charge in [0.05, 0.1) is 7.11 Å². The van der Waals surface area contributed by atoms with Gasteiger partial charge in [-0.2, -0.15) is 0 Å². The van der Waals surface area contributed by atoms with Crippen molar-refractivity contribution in [3.63, 3.8) is 0 Å². The summed E-state index contributed by atoms with van der Waals surface area (Å²) in [6, 6.07) is 13.8. The average molecular weight is 394 g/mol. The molecule has 0 amide bonds. The predicted octanol–water partition coefficient (Wildman–Crippen LogP) is 3.36. The molecule has 0 radical (unpaired) electrons. The summed E-state index contributed by atoms with van der Waals surface area (Å²) in [7, 11) is 1.65. The Morgan fingerprint density at radius 2 is 1.93 bits per heavy atom. The van der Waals surface area contributed by atoms with E-state index in [9.17, 15) is 5.11 Å². The summed E-state index contributed by atoms with van der Waals surface area (Å²) < 4.78 is 16.9. The van der Waals surface area contributed by atoms with Crippen LogP contribution in [0.2, 0.25) is 0 Å². The van der Waals surface area contributed by atoms with Crippen LogP contribution in [-0.2, 0) is 13.0 Å². The van der Waals surface area contributed by atoms with Crippen LogP contribution in [0.1, 0.15) is 25.0 Å². The minimum absolute atomic E-state index is 0. The zero-order chi connectivity index (χ0) is 18.6. The number of rotatable bonds is 8. The number of fused-ring (bicyclic) bond motifs is 1. The van der Waals surface area contributed by atoms with Crippen LogP contribution in [0.15, 0.2) is 42.5 Å². The van der Waals surface area contributed by atoms with Gasteiger partial charge in [0.2, 0.25) is 0 Å². The molecular weight excluding hydrogens is 366 g/mol. The first kappa shape index (κ1) is 21.4. The fourth-order valence-electron chi connectivity index (χ4n) is 3.07. The highest BCUT2D eigenvalue weighted by Gasteiger charge is 2.32. The minimum atomic E-state index is -0.599. The van der Waals surface area contributed by atoms with Crippen molar-refractivity contribution in [3.05, 3.63) is 53.6 Å². The smallest absolute Gasteiger partial charge is 0.165 e. The lowest BCUT2D eigenvalue weighted by molar-refractivity contribution is 0.0971. The molecule has 2 aromatic rings. The summed E-state index contributed by atoms with van der Waals surface area (Å²) in [5, 5.41) is 13.4. The summed E-state index contributed by atoms with van der Waals surface area (Å²) in [6.45, 7) is 5.48. The Morgan fingerprint density at radius 1 is 1.19 bits per heavy atom. The Labute approximate surface area is 167 Å². The van der Waals surface area contributed by atoms with Crippen LogP contribution in [0.25, 0.3) is 0 Å². The van der Waals surface area contributed by atoms with E-state index < -0.39 is 6.10 Å². The third-order valence-corrected chi connectivity index (χ3v) is 4.35. The quantitative estimate of drug-likeness (QED) is 0.720. The fraction of sp³-hybridized carbons (Fsp3) is 0.429. The molecule has 0 saturated heterocycles. The molecule has 1 aliphatic heterocycles. The summed E-state index contributed by atoms with van der Waals surface area (Å²) in [5.41, 5.74) is 2.08. The molecule has 1 unspecified atom stereocenters. The molecule has 1 aliphatic rings. The second-order valence-corrected chi connectivity index (χ2v) is 7.23. The monoisotopic (exact) mass is 393 g/mol. The van der Waals surface area contributed by atoms with Crippen molar-refractivity contribution in [2.24, 2.45) is 0 Å². The van der Waals surface area contributed by atoms with Gasteiger partial charge in [-0.05, 0) is 37.6 Å². The molecule has 27 heavy (non-hydrogen) atoms. The van der Waals surface area contributed by atoms with E-state index in [4.69, 9.17) is 14.2 Å². The number of nitrogens with one attached hydrogen (secondary N) is 1. The van der Waals surface area contributed by atoms with Gasteiger partial charge in [0.25, 0.3) is 0 Å². The molecule has 2 N–H and O–H groups in total. The Kier molecular flexibility index (Phi) is 7.36. The second-order valence-electron chi connectivity index (χ2n) is 7.23. The first-order chi connectivity index (χ1) is 12.5. The van der Waals surface area contributed by atoms with Crippen molar-refractivity contribution in [2.75, 3.05) is 20.3 Å². The Morgan fingerprint density at radius 3 is 2.63 bits per heavy atom. The van der Waals surface area contributed by atoms with E-state index in [1.165, 1.54) is 0 Å². The highest BCUT2D eigenvalue weighted by Crippen LogP contribution is 2.41. The third kappa shape index (κ3) is 5.76. The van der Waals surface area contributed by atoms with Crippen LogP contribution in [0.4, 0.5) is 0 Å². The molecular formula is C21H28ClNO4. The molecule has 0 bridgehead atoms. The molecule has 1 atom stereocenters. The minimum Gasteiger partial charge on any atom is -0.497 e. The van der Waals surface area contributed by atoms with Crippen LogP contribution in [-0.4, -0.2) is 37.1 Å². The van der Waals surface area contributed by atoms with E-state index in [0.29, 0.717) is 18.8 Å². The standard InChI is InChI=1S/C21H27NO4.ClH/c1-21(2)11-16-5-4-6-19(20(16)26-21)25-14-17(23)13-22-12-15-7-9-18(24-3)10-8-15;/h4-10,17,22-23H,11-14H2,1-3H3;1H.